The molecule has 1 N–H and O–H groups in total. The van der Waals surface area contributed by atoms with Crippen LogP contribution >= 0.6 is 0 Å². The Labute approximate surface area is 181 Å². The number of methoxy groups -OCH3 is 1. The lowest BCUT2D eigenvalue weighted by Crippen LogP contribution is -2.45. The Morgan fingerprint density at radius 1 is 0.968 bits per heavy atom. The second kappa shape index (κ2) is 11.8. The van der Waals surface area contributed by atoms with Crippen LogP contribution in [-0.4, -0.2) is 31.0 Å². The molecular weight excluding hydrogens is 401 g/mol. The van der Waals surface area contributed by atoms with E-state index in [0.717, 1.165) is 5.56 Å². The maximum Gasteiger partial charge on any atom is 0.408 e. The van der Waals surface area contributed by atoms with Crippen molar-refractivity contribution in [3.8, 4) is 0 Å². The first kappa shape index (κ1) is 24.1. The van der Waals surface area contributed by atoms with Gasteiger partial charge < -0.3 is 14.8 Å². The minimum Gasteiger partial charge on any atom is -0.469 e. The van der Waals surface area contributed by atoms with Crippen molar-refractivity contribution in [2.45, 2.75) is 39.3 Å². The molecule has 166 valence electrons. The predicted octanol–water partition coefficient (Wildman–Crippen LogP) is 4.07. The average molecular weight is 429 g/mol. The molecule has 0 heterocycles. The van der Waals surface area contributed by atoms with Gasteiger partial charge in [0.2, 0.25) is 0 Å². The van der Waals surface area contributed by atoms with Gasteiger partial charge in [0.05, 0.1) is 19.1 Å². The van der Waals surface area contributed by atoms with E-state index in [-0.39, 0.29) is 37.0 Å². The molecule has 6 nitrogen and oxygen atoms in total. The van der Waals surface area contributed by atoms with Gasteiger partial charge in [0.1, 0.15) is 12.4 Å². The lowest BCUT2D eigenvalue weighted by atomic mass is 9.89. The van der Waals surface area contributed by atoms with E-state index in [2.05, 4.69) is 5.32 Å². The summed E-state index contributed by atoms with van der Waals surface area (Å²) in [5.74, 6) is -2.17. The van der Waals surface area contributed by atoms with Gasteiger partial charge in [-0.15, -0.1) is 0 Å². The van der Waals surface area contributed by atoms with Gasteiger partial charge in [-0.25, -0.2) is 9.18 Å². The van der Waals surface area contributed by atoms with Gasteiger partial charge in [0, 0.05) is 6.42 Å². The molecule has 1 amide bonds. The molecule has 0 aromatic heterocycles. The van der Waals surface area contributed by atoms with Crippen molar-refractivity contribution < 1.29 is 28.2 Å². The zero-order valence-corrected chi connectivity index (χ0v) is 18.0. The van der Waals surface area contributed by atoms with Crippen molar-refractivity contribution in [3.63, 3.8) is 0 Å². The highest BCUT2D eigenvalue weighted by atomic mass is 19.1. The Balaban J connectivity index is 2.00. The van der Waals surface area contributed by atoms with Crippen LogP contribution in [0.25, 0.3) is 0 Å². The van der Waals surface area contributed by atoms with Crippen molar-refractivity contribution in [2.75, 3.05) is 7.11 Å². The van der Waals surface area contributed by atoms with Crippen LogP contribution in [0.4, 0.5) is 9.18 Å². The molecule has 2 aromatic carbocycles. The maximum absolute atomic E-state index is 13.1. The van der Waals surface area contributed by atoms with Crippen LogP contribution in [0.2, 0.25) is 0 Å². The van der Waals surface area contributed by atoms with Crippen molar-refractivity contribution in [1.29, 1.82) is 0 Å². The van der Waals surface area contributed by atoms with Gasteiger partial charge in [-0.3, -0.25) is 9.59 Å². The molecule has 2 atom stereocenters. The number of carbonyl (C=O) groups is 3. The highest BCUT2D eigenvalue weighted by Gasteiger charge is 2.30. The fourth-order valence-electron chi connectivity index (χ4n) is 3.19. The van der Waals surface area contributed by atoms with Crippen molar-refractivity contribution in [1.82, 2.24) is 5.32 Å². The number of ketones is 1. The smallest absolute Gasteiger partial charge is 0.408 e. The topological polar surface area (TPSA) is 81.7 Å². The van der Waals surface area contributed by atoms with Gasteiger partial charge in [0.15, 0.2) is 5.78 Å². The molecule has 0 spiro atoms. The van der Waals surface area contributed by atoms with Crippen molar-refractivity contribution >= 4 is 17.8 Å². The third kappa shape index (κ3) is 7.85. The van der Waals surface area contributed by atoms with Crippen LogP contribution in [0.15, 0.2) is 54.6 Å². The van der Waals surface area contributed by atoms with Gasteiger partial charge in [0.25, 0.3) is 0 Å². The van der Waals surface area contributed by atoms with Crippen LogP contribution in [0.5, 0.6) is 0 Å². The summed E-state index contributed by atoms with van der Waals surface area (Å²) in [6.45, 7) is 3.68. The number of esters is 1. The molecule has 0 aliphatic rings. The fraction of sp³-hybridized carbons (Fsp3) is 0.375. The summed E-state index contributed by atoms with van der Waals surface area (Å²) in [7, 11) is 1.25. The van der Waals surface area contributed by atoms with E-state index in [1.54, 1.807) is 26.0 Å². The number of carbonyl (C=O) groups excluding carboxylic acids is 3. The standard InChI is InChI=1S/C24H28FNO5/c1-16(2)22(26-24(29)31-15-18-7-5-4-6-8-18)21(27)14-19(23(28)30-3)13-17-9-11-20(25)12-10-17/h4-12,16,19,22H,13-15H2,1-3H3,(H,26,29)/t19-,22+/m1/s1. The fourth-order valence-corrected chi connectivity index (χ4v) is 3.19. The van der Waals surface area contributed by atoms with E-state index in [0.29, 0.717) is 5.56 Å². The second-order valence-corrected chi connectivity index (χ2v) is 7.65. The summed E-state index contributed by atoms with van der Waals surface area (Å²) < 4.78 is 23.2. The number of nitrogens with one attached hydrogen (secondary N) is 1. The Kier molecular flexibility index (Phi) is 9.18. The number of amides is 1. The molecule has 31 heavy (non-hydrogen) atoms. The summed E-state index contributed by atoms with van der Waals surface area (Å²) in [6, 6.07) is 14.1. The number of ether oxygens (including phenoxy) is 2. The Hall–Kier alpha value is -3.22. The Morgan fingerprint density at radius 2 is 1.61 bits per heavy atom. The van der Waals surface area contributed by atoms with Crippen molar-refractivity contribution in [3.05, 3.63) is 71.5 Å². The normalized spacial score (nSPS) is 12.7. The lowest BCUT2D eigenvalue weighted by Gasteiger charge is -2.23. The molecule has 0 aliphatic heterocycles. The van der Waals surface area contributed by atoms with E-state index >= 15 is 0 Å². The molecule has 0 radical (unpaired) electrons. The number of halogens is 1. The lowest BCUT2D eigenvalue weighted by molar-refractivity contribution is -0.147. The number of rotatable bonds is 10. The van der Waals surface area contributed by atoms with Gasteiger partial charge in [-0.2, -0.15) is 0 Å². The van der Waals surface area contributed by atoms with Crippen LogP contribution in [0, 0.1) is 17.7 Å². The quantitative estimate of drug-likeness (QED) is 0.576. The van der Waals surface area contributed by atoms with E-state index in [4.69, 9.17) is 9.47 Å². The molecule has 0 fully saturated rings. The summed E-state index contributed by atoms with van der Waals surface area (Å²) in [6.07, 6.45) is -0.600. The summed E-state index contributed by atoms with van der Waals surface area (Å²) in [4.78, 5) is 37.4. The molecule has 2 aromatic rings. The van der Waals surface area contributed by atoms with Crippen LogP contribution in [-0.2, 0) is 32.1 Å². The maximum atomic E-state index is 13.1. The Morgan fingerprint density at radius 3 is 2.19 bits per heavy atom. The molecule has 7 heteroatoms. The van der Waals surface area contributed by atoms with Crippen LogP contribution < -0.4 is 5.32 Å². The first-order chi connectivity index (χ1) is 14.8. The summed E-state index contributed by atoms with van der Waals surface area (Å²) in [5.41, 5.74) is 1.54. The molecule has 0 bridgehead atoms. The number of hydrogen-bond acceptors (Lipinski definition) is 5. The highest BCUT2D eigenvalue weighted by molar-refractivity contribution is 5.90. The molecule has 0 unspecified atom stereocenters. The first-order valence-corrected chi connectivity index (χ1v) is 10.1. The SMILES string of the molecule is COC(=O)[C@@H](CC(=O)[C@@H](NC(=O)OCc1ccccc1)C(C)C)Cc1ccc(F)cc1. The predicted molar refractivity (Wildman–Crippen MR) is 114 cm³/mol. The van der Waals surface area contributed by atoms with E-state index in [9.17, 15) is 18.8 Å². The number of benzene rings is 2. The zero-order chi connectivity index (χ0) is 22.8. The van der Waals surface area contributed by atoms with Crippen molar-refractivity contribution in [2.24, 2.45) is 11.8 Å². The summed E-state index contributed by atoms with van der Waals surface area (Å²) >= 11 is 0. The minimum atomic E-state index is -0.816. The van der Waals surface area contributed by atoms with Gasteiger partial charge >= 0.3 is 12.1 Å². The van der Waals surface area contributed by atoms with Crippen LogP contribution in [0.3, 0.4) is 0 Å². The van der Waals surface area contributed by atoms with E-state index in [1.165, 1.54) is 19.2 Å². The summed E-state index contributed by atoms with van der Waals surface area (Å²) in [5, 5.41) is 2.61. The van der Waals surface area contributed by atoms with E-state index < -0.39 is 24.0 Å². The first-order valence-electron chi connectivity index (χ1n) is 10.1. The molecule has 0 aliphatic carbocycles. The Bertz CT molecular complexity index is 867. The highest BCUT2D eigenvalue weighted by Crippen LogP contribution is 2.18. The van der Waals surface area contributed by atoms with Gasteiger partial charge in [-0.05, 0) is 35.6 Å². The molecule has 0 saturated heterocycles. The third-order valence-electron chi connectivity index (χ3n) is 4.88. The monoisotopic (exact) mass is 429 g/mol. The molecular formula is C24H28FNO5. The second-order valence-electron chi connectivity index (χ2n) is 7.65. The number of Topliss-reactive ketones (excluding diaryl/α,β-unsaturated/α-hetero) is 1. The zero-order valence-electron chi connectivity index (χ0n) is 18.0. The van der Waals surface area contributed by atoms with Crippen LogP contribution in [0.1, 0.15) is 31.4 Å². The number of alkyl carbamates (subject to hydrolysis) is 1. The van der Waals surface area contributed by atoms with E-state index in [1.807, 2.05) is 30.3 Å². The minimum absolute atomic E-state index is 0.0844. The number of hydrogen-bond donors (Lipinski definition) is 1. The third-order valence-corrected chi connectivity index (χ3v) is 4.88. The van der Waals surface area contributed by atoms with Gasteiger partial charge in [-0.1, -0.05) is 56.3 Å². The molecule has 2 rings (SSSR count). The average Bonchev–Trinajstić information content (AvgIpc) is 2.76. The largest absolute Gasteiger partial charge is 0.469 e. The molecule has 0 saturated carbocycles.